The topological polar surface area (TPSA) is 108 Å². The summed E-state index contributed by atoms with van der Waals surface area (Å²) in [5.41, 5.74) is 4.02. The first-order valence-electron chi connectivity index (χ1n) is 19.8. The molecule has 0 N–H and O–H groups in total. The Kier molecular flexibility index (Phi) is 16.0. The monoisotopic (exact) mass is 846 g/mol. The van der Waals surface area contributed by atoms with Gasteiger partial charge in [0.15, 0.2) is 39.6 Å². The first-order chi connectivity index (χ1) is 27.2. The minimum atomic E-state index is -2.36. The van der Waals surface area contributed by atoms with Gasteiger partial charge in [0.2, 0.25) is 0 Å². The molecule has 0 bridgehead atoms. The smallest absolute Gasteiger partial charge is 0.493 e. The molecule has 4 aromatic carbocycles. The zero-order chi connectivity index (χ0) is 42.7. The van der Waals surface area contributed by atoms with Gasteiger partial charge in [0.25, 0.3) is 0 Å². The largest absolute Gasteiger partial charge is 0.519 e. The highest BCUT2D eigenvalue weighted by molar-refractivity contribution is 6.87. The van der Waals surface area contributed by atoms with Crippen LogP contribution >= 0.6 is 0 Å². The lowest BCUT2D eigenvalue weighted by atomic mass is 9.78. The van der Waals surface area contributed by atoms with Gasteiger partial charge in [0.1, 0.15) is 11.5 Å². The van der Waals surface area contributed by atoms with Crippen LogP contribution in [0, 0.1) is 0 Å². The van der Waals surface area contributed by atoms with E-state index in [1.807, 2.05) is 42.5 Å². The molecular formula is C45H62O10Si3. The minimum absolute atomic E-state index is 0.282. The molecule has 13 heteroatoms. The lowest BCUT2D eigenvalue weighted by Crippen LogP contribution is -2.52. The third-order valence-corrected chi connectivity index (χ3v) is 21.5. The van der Waals surface area contributed by atoms with Gasteiger partial charge in [0, 0.05) is 12.3 Å². The second-order valence-corrected chi connectivity index (χ2v) is 29.2. The van der Waals surface area contributed by atoms with Crippen molar-refractivity contribution in [3.05, 3.63) is 107 Å². The first kappa shape index (κ1) is 46.3. The molecule has 0 spiro atoms. The Balaban J connectivity index is 1.24. The van der Waals surface area contributed by atoms with Crippen LogP contribution in [0.15, 0.2) is 84.9 Å². The third-order valence-electron chi connectivity index (χ3n) is 10.0. The molecular weight excluding hydrogens is 785 g/mol. The number of carbonyl (C=O) groups is 2. The van der Waals surface area contributed by atoms with Crippen molar-refractivity contribution in [3.63, 3.8) is 0 Å². The summed E-state index contributed by atoms with van der Waals surface area (Å²) in [6, 6.07) is 28.5. The van der Waals surface area contributed by atoms with Crippen LogP contribution in [0.3, 0.4) is 0 Å². The van der Waals surface area contributed by atoms with Crippen LogP contribution in [-0.2, 0) is 31.3 Å². The van der Waals surface area contributed by atoms with Gasteiger partial charge in [-0.2, -0.15) is 0 Å². The van der Waals surface area contributed by atoms with E-state index in [1.54, 1.807) is 51.7 Å². The average molecular weight is 847 g/mol. The molecule has 0 aliphatic rings. The number of benzene rings is 4. The Bertz CT molecular complexity index is 1980. The lowest BCUT2D eigenvalue weighted by Gasteiger charge is -2.39. The third kappa shape index (κ3) is 13.9. The lowest BCUT2D eigenvalue weighted by molar-refractivity contribution is -0.131. The van der Waals surface area contributed by atoms with E-state index in [9.17, 15) is 9.59 Å². The molecule has 0 unspecified atom stereocenters. The second-order valence-electron chi connectivity index (χ2n) is 16.7. The van der Waals surface area contributed by atoms with E-state index in [4.69, 9.17) is 36.7 Å². The zero-order valence-corrected chi connectivity index (χ0v) is 39.4. The fourth-order valence-electron chi connectivity index (χ4n) is 7.30. The number of hydrogen-bond acceptors (Lipinski definition) is 10. The average Bonchev–Trinajstić information content (AvgIpc) is 3.14. The summed E-state index contributed by atoms with van der Waals surface area (Å²) in [7, 11) is -1.47. The minimum Gasteiger partial charge on any atom is -0.493 e. The molecule has 0 aromatic heterocycles. The summed E-state index contributed by atoms with van der Waals surface area (Å²) in [6.45, 7) is 19.1. The normalized spacial score (nSPS) is 12.1. The number of methoxy groups -OCH3 is 3. The van der Waals surface area contributed by atoms with E-state index in [0.29, 0.717) is 17.2 Å². The van der Waals surface area contributed by atoms with E-state index < -0.39 is 31.4 Å². The van der Waals surface area contributed by atoms with E-state index in [1.165, 1.54) is 12.5 Å². The predicted octanol–water partition coefficient (Wildman–Crippen LogP) is 11.3. The van der Waals surface area contributed by atoms with Crippen LogP contribution in [0.4, 0.5) is 4.79 Å². The molecule has 314 valence electrons. The quantitative estimate of drug-likeness (QED) is 0.0369. The number of carbonyl (C=O) groups excluding carboxylic acids is 2. The van der Waals surface area contributed by atoms with Gasteiger partial charge >= 0.3 is 20.7 Å². The van der Waals surface area contributed by atoms with E-state index >= 15 is 0 Å². The molecule has 58 heavy (non-hydrogen) atoms. The predicted molar refractivity (Wildman–Crippen MR) is 236 cm³/mol. The van der Waals surface area contributed by atoms with Gasteiger partial charge in [0.05, 0.1) is 21.3 Å². The summed E-state index contributed by atoms with van der Waals surface area (Å²) in [6.07, 6.45) is 2.93. The molecule has 0 fully saturated rings. The number of esters is 1. The molecule has 0 amide bonds. The maximum Gasteiger partial charge on any atom is 0.519 e. The first-order valence-corrected chi connectivity index (χ1v) is 28.9. The fraction of sp³-hybridized carbons (Fsp3) is 0.422. The van der Waals surface area contributed by atoms with Crippen LogP contribution < -0.4 is 28.4 Å². The van der Waals surface area contributed by atoms with Crippen molar-refractivity contribution in [1.29, 1.82) is 0 Å². The van der Waals surface area contributed by atoms with Crippen molar-refractivity contribution in [2.45, 2.75) is 103 Å². The van der Waals surface area contributed by atoms with Gasteiger partial charge in [-0.25, -0.2) is 4.79 Å². The highest BCUT2D eigenvalue weighted by Gasteiger charge is 2.39. The number of ether oxygens (including phenoxy) is 6. The summed E-state index contributed by atoms with van der Waals surface area (Å²) in [5.74, 6) is 2.73. The Labute approximate surface area is 348 Å². The van der Waals surface area contributed by atoms with Crippen molar-refractivity contribution in [2.24, 2.45) is 0 Å². The van der Waals surface area contributed by atoms with Crippen molar-refractivity contribution in [2.75, 3.05) is 21.3 Å². The summed E-state index contributed by atoms with van der Waals surface area (Å²) >= 11 is 0. The Hall–Kier alpha value is -4.41. The molecule has 4 aromatic rings. The Morgan fingerprint density at radius 2 is 0.948 bits per heavy atom. The SMILES string of the molecule is COc1ccc(CCC[Si](C)(C)O[Si](C)(C)O[Si](C)(C)CCCc2ccc(OC(=O)Oc3ccc(C(C)(C)c4ccc(OC(C)=O)cc4)cc3)c(OC)c2)cc1OC. The molecule has 0 atom stereocenters. The van der Waals surface area contributed by atoms with Crippen LogP contribution in [0.2, 0.25) is 51.4 Å². The van der Waals surface area contributed by atoms with Crippen LogP contribution in [0.1, 0.15) is 55.9 Å². The molecule has 4 rings (SSSR count). The highest BCUT2D eigenvalue weighted by atomic mass is 28.5. The molecule has 10 nitrogen and oxygen atoms in total. The van der Waals surface area contributed by atoms with E-state index in [-0.39, 0.29) is 17.1 Å². The number of rotatable bonds is 20. The van der Waals surface area contributed by atoms with Gasteiger partial charge in [-0.15, -0.1) is 0 Å². The molecule has 0 saturated carbocycles. The Morgan fingerprint density at radius 1 is 0.534 bits per heavy atom. The summed E-state index contributed by atoms with van der Waals surface area (Å²) in [4.78, 5) is 24.1. The molecule has 0 saturated heterocycles. The van der Waals surface area contributed by atoms with Crippen molar-refractivity contribution < 1.29 is 46.2 Å². The highest BCUT2D eigenvalue weighted by Crippen LogP contribution is 2.35. The maximum absolute atomic E-state index is 12.8. The van der Waals surface area contributed by atoms with E-state index in [0.717, 1.165) is 66.0 Å². The molecule has 0 aliphatic heterocycles. The van der Waals surface area contributed by atoms with Crippen molar-refractivity contribution >= 4 is 37.3 Å². The standard InChI is InChI=1S/C45H62O10Si3/c1-33(46)51-38-23-19-36(20-24-38)45(2,3)37-21-25-39(26-22-37)52-44(47)53-41-28-18-35(32-43(41)50-6)16-14-30-57(9,10)55-58(11,12)54-56(7,8)29-13-15-34-17-27-40(48-4)42(31-34)49-5/h17-28,31-32H,13-16,29-30H2,1-12H3. The van der Waals surface area contributed by atoms with Crippen LogP contribution in [0.25, 0.3) is 0 Å². The molecule has 0 aliphatic carbocycles. The summed E-state index contributed by atoms with van der Waals surface area (Å²) < 4.78 is 46.5. The van der Waals surface area contributed by atoms with Crippen molar-refractivity contribution in [1.82, 2.24) is 0 Å². The van der Waals surface area contributed by atoms with Gasteiger partial charge in [-0.1, -0.05) is 50.2 Å². The Morgan fingerprint density at radius 3 is 1.38 bits per heavy atom. The van der Waals surface area contributed by atoms with Crippen LogP contribution in [-0.4, -0.2) is 58.6 Å². The summed E-state index contributed by atoms with van der Waals surface area (Å²) in [5, 5.41) is 0. The van der Waals surface area contributed by atoms with Gasteiger partial charge in [-0.3, -0.25) is 4.79 Å². The molecule has 0 radical (unpaired) electrons. The maximum atomic E-state index is 12.8. The molecule has 0 heterocycles. The van der Waals surface area contributed by atoms with Crippen LogP contribution in [0.5, 0.6) is 34.5 Å². The number of aryl methyl sites for hydroxylation is 2. The van der Waals surface area contributed by atoms with Crippen molar-refractivity contribution in [3.8, 4) is 34.5 Å². The second kappa shape index (κ2) is 20.0. The zero-order valence-electron chi connectivity index (χ0n) is 36.4. The number of hydrogen-bond donors (Lipinski definition) is 0. The van der Waals surface area contributed by atoms with Gasteiger partial charge in [-0.05, 0) is 148 Å². The van der Waals surface area contributed by atoms with E-state index in [2.05, 4.69) is 65.3 Å². The fourth-order valence-corrected chi connectivity index (χ4v) is 21.4. The van der Waals surface area contributed by atoms with Gasteiger partial charge < -0.3 is 36.7 Å².